The summed E-state index contributed by atoms with van der Waals surface area (Å²) in [5.41, 5.74) is 12.2. The molecule has 9 aromatic heterocycles. The van der Waals surface area contributed by atoms with Crippen LogP contribution in [0, 0.1) is 0 Å². The Morgan fingerprint density at radius 1 is 0.279 bits per heavy atom. The molecule has 10 nitrogen and oxygen atoms in total. The number of para-hydroxylation sites is 2. The van der Waals surface area contributed by atoms with Crippen LogP contribution in [0.3, 0.4) is 0 Å². The van der Waals surface area contributed by atoms with Crippen molar-refractivity contribution in [1.82, 2.24) is 49.4 Å². The fourth-order valence-corrected chi connectivity index (χ4v) is 7.58. The van der Waals surface area contributed by atoms with Gasteiger partial charge in [-0.1, -0.05) is 72.8 Å². The quantitative estimate of drug-likeness (QED) is 0.148. The van der Waals surface area contributed by atoms with Gasteiger partial charge in [0.05, 0.1) is 91.2 Å². The number of nitrogens with zero attached hydrogens (tertiary/aromatic N) is 10. The van der Waals surface area contributed by atoms with E-state index >= 15 is 0 Å². The van der Waals surface area contributed by atoms with Crippen LogP contribution >= 0.6 is 0 Å². The highest BCUT2D eigenvalue weighted by molar-refractivity contribution is 6.09. The van der Waals surface area contributed by atoms with Crippen LogP contribution in [0.25, 0.3) is 107 Å². The van der Waals surface area contributed by atoms with Gasteiger partial charge in [-0.25, -0.2) is 29.9 Å². The zero-order valence-corrected chi connectivity index (χ0v) is 32.4. The minimum absolute atomic E-state index is 0.436. The van der Waals surface area contributed by atoms with Gasteiger partial charge in [0.25, 0.3) is 0 Å². The monoisotopic (exact) mass is 784 g/mol. The maximum atomic E-state index is 5.10. The Morgan fingerprint density at radius 3 is 1.08 bits per heavy atom. The lowest BCUT2D eigenvalue weighted by Crippen LogP contribution is -2.01. The predicted molar refractivity (Wildman–Crippen MR) is 239 cm³/mol. The van der Waals surface area contributed by atoms with Crippen LogP contribution in [0.5, 0.6) is 0 Å². The summed E-state index contributed by atoms with van der Waals surface area (Å²) in [7, 11) is 0. The molecule has 0 radical (unpaired) electrons. The smallest absolute Gasteiger partial charge is 0.179 e. The zero-order chi connectivity index (χ0) is 40.5. The van der Waals surface area contributed by atoms with E-state index in [1.165, 1.54) is 10.8 Å². The van der Waals surface area contributed by atoms with Crippen molar-refractivity contribution in [2.45, 2.75) is 0 Å². The molecule has 0 aliphatic rings. The summed E-state index contributed by atoms with van der Waals surface area (Å²) in [5, 5.41) is 2.37. The number of benzene rings is 2. The van der Waals surface area contributed by atoms with Crippen molar-refractivity contribution in [3.05, 3.63) is 195 Å². The van der Waals surface area contributed by atoms with E-state index in [0.717, 1.165) is 50.9 Å². The van der Waals surface area contributed by atoms with Crippen molar-refractivity contribution in [1.29, 1.82) is 0 Å². The first kappa shape index (κ1) is 35.5. The molecular formula is C51H32N10. The van der Waals surface area contributed by atoms with Crippen molar-refractivity contribution < 1.29 is 0 Å². The van der Waals surface area contributed by atoms with Gasteiger partial charge in [0.1, 0.15) is 5.69 Å². The van der Waals surface area contributed by atoms with E-state index < -0.39 is 0 Å². The first-order valence-corrected chi connectivity index (χ1v) is 19.8. The third-order valence-corrected chi connectivity index (χ3v) is 10.4. The van der Waals surface area contributed by atoms with Crippen LogP contribution in [0.1, 0.15) is 0 Å². The predicted octanol–water partition coefficient (Wildman–Crippen LogP) is 11.0. The average molecular weight is 785 g/mol. The van der Waals surface area contributed by atoms with E-state index in [-0.39, 0.29) is 0 Å². The summed E-state index contributed by atoms with van der Waals surface area (Å²) in [4.78, 5) is 44.2. The Kier molecular flexibility index (Phi) is 8.90. The number of fused-ring (bicyclic) bond motifs is 3. The lowest BCUT2D eigenvalue weighted by Gasteiger charge is -2.11. The van der Waals surface area contributed by atoms with Crippen LogP contribution in [0.15, 0.2) is 195 Å². The largest absolute Gasteiger partial charge is 0.308 e. The molecule has 286 valence electrons. The van der Waals surface area contributed by atoms with Crippen LogP contribution in [0.4, 0.5) is 0 Å². The van der Waals surface area contributed by atoms with Crippen molar-refractivity contribution in [2.75, 3.05) is 0 Å². The molecule has 0 aliphatic heterocycles. The second-order valence-corrected chi connectivity index (χ2v) is 14.3. The van der Waals surface area contributed by atoms with Crippen LogP contribution in [-0.2, 0) is 0 Å². The summed E-state index contributed by atoms with van der Waals surface area (Å²) in [5.74, 6) is 0.436. The molecule has 9 heterocycles. The van der Waals surface area contributed by atoms with Crippen molar-refractivity contribution in [3.63, 3.8) is 0 Å². The SMILES string of the molecule is c1ccc(-c2cccc(-c3cccc(-c4cc(-c5cccc(-c6cccc(-c7ccccn7)n6)n5)nc(-c5ccc(-n6c7ccccc7c7ccccc76)cn5)n4)n3)n2)nc1. The van der Waals surface area contributed by atoms with Crippen LogP contribution in [0.2, 0.25) is 0 Å². The third-order valence-electron chi connectivity index (χ3n) is 10.4. The van der Waals surface area contributed by atoms with Gasteiger partial charge in [0, 0.05) is 23.2 Å². The lowest BCUT2D eigenvalue weighted by molar-refractivity contribution is 1.10. The Bertz CT molecular complexity index is 3170. The fourth-order valence-electron chi connectivity index (χ4n) is 7.58. The first-order valence-electron chi connectivity index (χ1n) is 19.8. The Labute approximate surface area is 350 Å². The molecule has 0 bridgehead atoms. The number of hydrogen-bond donors (Lipinski definition) is 0. The van der Waals surface area contributed by atoms with Crippen molar-refractivity contribution >= 4 is 21.8 Å². The van der Waals surface area contributed by atoms with E-state index in [9.17, 15) is 0 Å². The normalized spacial score (nSPS) is 11.3. The molecule has 2 aromatic carbocycles. The number of pyridine rings is 7. The maximum Gasteiger partial charge on any atom is 0.179 e. The topological polar surface area (TPSA) is 121 Å². The van der Waals surface area contributed by atoms with Crippen LogP contribution < -0.4 is 0 Å². The molecule has 0 aliphatic carbocycles. The van der Waals surface area contributed by atoms with E-state index in [4.69, 9.17) is 34.9 Å². The Hall–Kier alpha value is -8.63. The van der Waals surface area contributed by atoms with E-state index in [1.807, 2.05) is 128 Å². The average Bonchev–Trinajstić information content (AvgIpc) is 3.69. The summed E-state index contributed by atoms with van der Waals surface area (Å²) >= 11 is 0. The highest BCUT2D eigenvalue weighted by Crippen LogP contribution is 2.33. The van der Waals surface area contributed by atoms with Gasteiger partial charge < -0.3 is 4.57 Å². The van der Waals surface area contributed by atoms with Gasteiger partial charge >= 0.3 is 0 Å². The standard InChI is InChI=1S/C51H32N10/c1-3-25-49-34(13-1)35-14-2-4-26-50(35)61(49)33-27-28-46(54-32-33)51-59-47(44-23-11-21-42(57-44)40-19-9-17-38(55-40)36-15-5-7-29-52-36)31-48(60-51)45-24-12-22-43(58-45)41-20-10-18-39(56-41)37-16-6-8-30-53-37/h1-32H. The minimum Gasteiger partial charge on any atom is -0.308 e. The summed E-state index contributed by atoms with van der Waals surface area (Å²) < 4.78 is 2.24. The number of aromatic nitrogens is 10. The molecule has 0 spiro atoms. The Balaban J connectivity index is 1.02. The summed E-state index contributed by atoms with van der Waals surface area (Å²) in [6, 6.07) is 57.8. The molecule has 0 amide bonds. The second-order valence-electron chi connectivity index (χ2n) is 14.3. The fraction of sp³-hybridized carbons (Fsp3) is 0. The Morgan fingerprint density at radius 2 is 0.672 bits per heavy atom. The first-order chi connectivity index (χ1) is 30.2. The summed E-state index contributed by atoms with van der Waals surface area (Å²) in [6.07, 6.45) is 5.41. The molecule has 11 rings (SSSR count). The molecule has 10 heteroatoms. The molecule has 0 atom stereocenters. The minimum atomic E-state index is 0.436. The maximum absolute atomic E-state index is 5.10. The van der Waals surface area contributed by atoms with Gasteiger partial charge in [-0.15, -0.1) is 0 Å². The van der Waals surface area contributed by atoms with E-state index in [0.29, 0.717) is 45.7 Å². The van der Waals surface area contributed by atoms with Gasteiger partial charge in [0.15, 0.2) is 5.82 Å². The van der Waals surface area contributed by atoms with E-state index in [1.54, 1.807) is 12.4 Å². The molecule has 61 heavy (non-hydrogen) atoms. The van der Waals surface area contributed by atoms with Gasteiger partial charge in [-0.2, -0.15) is 0 Å². The molecule has 0 saturated heterocycles. The molecule has 11 aromatic rings. The van der Waals surface area contributed by atoms with Crippen molar-refractivity contribution in [3.8, 4) is 85.5 Å². The van der Waals surface area contributed by atoms with Crippen LogP contribution in [-0.4, -0.2) is 49.4 Å². The van der Waals surface area contributed by atoms with Gasteiger partial charge in [0.2, 0.25) is 0 Å². The highest BCUT2D eigenvalue weighted by atomic mass is 15.0. The lowest BCUT2D eigenvalue weighted by atomic mass is 10.1. The van der Waals surface area contributed by atoms with Gasteiger partial charge in [-0.05, 0) is 103 Å². The second kappa shape index (κ2) is 15.3. The molecule has 0 N–H and O–H groups in total. The number of rotatable bonds is 8. The molecule has 0 saturated carbocycles. The zero-order valence-electron chi connectivity index (χ0n) is 32.4. The highest BCUT2D eigenvalue weighted by Gasteiger charge is 2.17. The molecular weight excluding hydrogens is 753 g/mol. The van der Waals surface area contributed by atoms with Crippen molar-refractivity contribution in [2.24, 2.45) is 0 Å². The number of hydrogen-bond acceptors (Lipinski definition) is 9. The third kappa shape index (κ3) is 6.83. The summed E-state index contributed by atoms with van der Waals surface area (Å²) in [6.45, 7) is 0. The van der Waals surface area contributed by atoms with Gasteiger partial charge in [-0.3, -0.25) is 15.0 Å². The van der Waals surface area contributed by atoms with E-state index in [2.05, 4.69) is 69.1 Å². The molecule has 0 fully saturated rings. The molecule has 0 unspecified atom stereocenters.